The number of nitrogens with zero attached hydrogens (tertiary/aromatic N) is 2. The van der Waals surface area contributed by atoms with E-state index in [4.69, 9.17) is 11.1 Å². The van der Waals surface area contributed by atoms with Gasteiger partial charge in [0.2, 0.25) is 0 Å². The maximum Gasteiger partial charge on any atom is 0.0921 e. The molecule has 1 aliphatic carbocycles. The first-order valence-electron chi connectivity index (χ1n) is 7.51. The van der Waals surface area contributed by atoms with Crippen LogP contribution in [-0.2, 0) is 0 Å². The first-order chi connectivity index (χ1) is 8.70. The fraction of sp³-hybridized carbons (Fsp3) is 0.929. The summed E-state index contributed by atoms with van der Waals surface area (Å²) in [6, 6.07) is 1.34. The zero-order valence-corrected chi connectivity index (χ0v) is 11.7. The molecule has 1 unspecified atom stereocenters. The van der Waals surface area contributed by atoms with Crippen LogP contribution in [0.1, 0.15) is 45.4 Å². The molecule has 0 amide bonds. The van der Waals surface area contributed by atoms with Crippen LogP contribution in [-0.4, -0.2) is 53.9 Å². The van der Waals surface area contributed by atoms with Crippen LogP contribution in [0.4, 0.5) is 0 Å². The quantitative estimate of drug-likeness (QED) is 0.578. The van der Waals surface area contributed by atoms with Crippen LogP contribution < -0.4 is 5.73 Å². The van der Waals surface area contributed by atoms with Crippen LogP contribution in [0, 0.1) is 5.41 Å². The van der Waals surface area contributed by atoms with Gasteiger partial charge in [0.25, 0.3) is 0 Å². The third-order valence-corrected chi connectivity index (χ3v) is 4.63. The molecule has 2 rings (SSSR count). The van der Waals surface area contributed by atoms with Crippen LogP contribution in [0.25, 0.3) is 0 Å². The van der Waals surface area contributed by atoms with Crippen molar-refractivity contribution in [1.82, 2.24) is 9.80 Å². The number of piperazine rings is 1. The number of hydrogen-bond donors (Lipinski definition) is 2. The van der Waals surface area contributed by atoms with Crippen LogP contribution in [0.5, 0.6) is 0 Å². The Hall–Kier alpha value is -0.610. The first-order valence-corrected chi connectivity index (χ1v) is 7.51. The van der Waals surface area contributed by atoms with Gasteiger partial charge < -0.3 is 5.73 Å². The fourth-order valence-corrected chi connectivity index (χ4v) is 3.52. The molecule has 1 atom stereocenters. The molecule has 0 aromatic heterocycles. The minimum absolute atomic E-state index is 0.333. The topological polar surface area (TPSA) is 56.4 Å². The monoisotopic (exact) mass is 252 g/mol. The predicted molar refractivity (Wildman–Crippen MR) is 76.0 cm³/mol. The van der Waals surface area contributed by atoms with Crippen molar-refractivity contribution < 1.29 is 0 Å². The van der Waals surface area contributed by atoms with Crippen molar-refractivity contribution in [2.45, 2.75) is 57.5 Å². The smallest absolute Gasteiger partial charge is 0.0921 e. The molecule has 0 bridgehead atoms. The Morgan fingerprint density at radius 2 is 1.83 bits per heavy atom. The molecule has 1 saturated heterocycles. The SMILES string of the molecule is CCC(CC(=N)N)N1CCN(C2CCCC2)CC1. The summed E-state index contributed by atoms with van der Waals surface area (Å²) < 4.78 is 0. The summed E-state index contributed by atoms with van der Waals surface area (Å²) in [7, 11) is 0. The van der Waals surface area contributed by atoms with E-state index in [1.165, 1.54) is 38.8 Å². The van der Waals surface area contributed by atoms with E-state index in [1.807, 2.05) is 0 Å². The summed E-state index contributed by atoms with van der Waals surface area (Å²) in [6.07, 6.45) is 7.50. The molecule has 18 heavy (non-hydrogen) atoms. The Kier molecular flexibility index (Phi) is 5.01. The largest absolute Gasteiger partial charge is 0.388 e. The van der Waals surface area contributed by atoms with Gasteiger partial charge in [0.05, 0.1) is 5.84 Å². The van der Waals surface area contributed by atoms with Gasteiger partial charge >= 0.3 is 0 Å². The van der Waals surface area contributed by atoms with Crippen molar-refractivity contribution in [3.05, 3.63) is 0 Å². The summed E-state index contributed by atoms with van der Waals surface area (Å²) in [4.78, 5) is 5.22. The van der Waals surface area contributed by atoms with Crippen LogP contribution in [0.15, 0.2) is 0 Å². The summed E-state index contributed by atoms with van der Waals surface area (Å²) in [5.74, 6) is 0.333. The standard InChI is InChI=1S/C14H28N4/c1-2-12(11-14(15)16)17-7-9-18(10-8-17)13-5-3-4-6-13/h12-13H,2-11H2,1H3,(H3,15,16). The molecule has 2 fully saturated rings. The van der Waals surface area contributed by atoms with Gasteiger partial charge in [0.15, 0.2) is 0 Å². The summed E-state index contributed by atoms with van der Waals surface area (Å²) >= 11 is 0. The minimum atomic E-state index is 0.333. The third-order valence-electron chi connectivity index (χ3n) is 4.63. The van der Waals surface area contributed by atoms with E-state index < -0.39 is 0 Å². The average Bonchev–Trinajstić information content (AvgIpc) is 2.90. The molecular weight excluding hydrogens is 224 g/mol. The predicted octanol–water partition coefficient (Wildman–Crippen LogP) is 1.65. The second kappa shape index (κ2) is 6.53. The van der Waals surface area contributed by atoms with Gasteiger partial charge in [-0.05, 0) is 19.3 Å². The van der Waals surface area contributed by atoms with Gasteiger partial charge in [-0.25, -0.2) is 0 Å². The Balaban J connectivity index is 1.79. The van der Waals surface area contributed by atoms with Crippen LogP contribution in [0.3, 0.4) is 0 Å². The number of amidine groups is 1. The molecule has 1 saturated carbocycles. The lowest BCUT2D eigenvalue weighted by Crippen LogP contribution is -2.53. The molecule has 0 spiro atoms. The average molecular weight is 252 g/mol. The van der Waals surface area contributed by atoms with Gasteiger partial charge in [0, 0.05) is 44.7 Å². The normalized spacial score (nSPS) is 25.4. The molecule has 104 valence electrons. The van der Waals surface area contributed by atoms with Gasteiger partial charge in [-0.15, -0.1) is 0 Å². The summed E-state index contributed by atoms with van der Waals surface area (Å²) in [6.45, 7) is 6.93. The number of hydrogen-bond acceptors (Lipinski definition) is 3. The Morgan fingerprint density at radius 1 is 1.22 bits per heavy atom. The molecule has 0 radical (unpaired) electrons. The third kappa shape index (κ3) is 3.45. The van der Waals surface area contributed by atoms with Crippen molar-refractivity contribution in [2.75, 3.05) is 26.2 Å². The Bertz CT molecular complexity index is 265. The summed E-state index contributed by atoms with van der Waals surface area (Å²) in [5.41, 5.74) is 5.55. The van der Waals surface area contributed by atoms with E-state index >= 15 is 0 Å². The fourth-order valence-electron chi connectivity index (χ4n) is 3.52. The van der Waals surface area contributed by atoms with Crippen molar-refractivity contribution in [2.24, 2.45) is 5.73 Å². The van der Waals surface area contributed by atoms with E-state index in [2.05, 4.69) is 16.7 Å². The van der Waals surface area contributed by atoms with Crippen LogP contribution in [0.2, 0.25) is 0 Å². The van der Waals surface area contributed by atoms with Gasteiger partial charge in [-0.2, -0.15) is 0 Å². The second-order valence-corrected chi connectivity index (χ2v) is 5.80. The first kappa shape index (κ1) is 13.8. The van der Waals surface area contributed by atoms with Crippen molar-refractivity contribution in [3.63, 3.8) is 0 Å². The summed E-state index contributed by atoms with van der Waals surface area (Å²) in [5, 5.41) is 7.46. The Morgan fingerprint density at radius 3 is 2.33 bits per heavy atom. The highest BCUT2D eigenvalue weighted by molar-refractivity contribution is 5.77. The molecule has 1 aliphatic heterocycles. The van der Waals surface area contributed by atoms with E-state index in [-0.39, 0.29) is 0 Å². The van der Waals surface area contributed by atoms with Gasteiger partial charge in [0.1, 0.15) is 0 Å². The molecule has 4 nitrogen and oxygen atoms in total. The lowest BCUT2D eigenvalue weighted by molar-refractivity contribution is 0.0707. The highest BCUT2D eigenvalue weighted by Crippen LogP contribution is 2.25. The molecule has 1 heterocycles. The van der Waals surface area contributed by atoms with Crippen molar-refractivity contribution in [1.29, 1.82) is 5.41 Å². The van der Waals surface area contributed by atoms with E-state index in [0.717, 1.165) is 32.0 Å². The molecular formula is C14H28N4. The van der Waals surface area contributed by atoms with Gasteiger partial charge in [-0.3, -0.25) is 15.2 Å². The minimum Gasteiger partial charge on any atom is -0.388 e. The van der Waals surface area contributed by atoms with Gasteiger partial charge in [-0.1, -0.05) is 19.8 Å². The zero-order valence-electron chi connectivity index (χ0n) is 11.7. The van der Waals surface area contributed by atoms with E-state index in [1.54, 1.807) is 0 Å². The maximum atomic E-state index is 7.46. The lowest BCUT2D eigenvalue weighted by atomic mass is 10.1. The van der Waals surface area contributed by atoms with Crippen molar-refractivity contribution >= 4 is 5.84 Å². The maximum absolute atomic E-state index is 7.46. The Labute approximate surface area is 111 Å². The lowest BCUT2D eigenvalue weighted by Gasteiger charge is -2.41. The highest BCUT2D eigenvalue weighted by Gasteiger charge is 2.28. The molecule has 2 aliphatic rings. The molecule has 4 heteroatoms. The second-order valence-electron chi connectivity index (χ2n) is 5.80. The highest BCUT2D eigenvalue weighted by atomic mass is 15.3. The van der Waals surface area contributed by atoms with Crippen molar-refractivity contribution in [3.8, 4) is 0 Å². The number of nitrogens with one attached hydrogen (secondary N) is 1. The van der Waals surface area contributed by atoms with E-state index in [9.17, 15) is 0 Å². The molecule has 0 aromatic carbocycles. The molecule has 0 aromatic rings. The molecule has 3 N–H and O–H groups in total. The number of nitrogens with two attached hydrogens (primary N) is 1. The van der Waals surface area contributed by atoms with Crippen LogP contribution >= 0.6 is 0 Å². The number of rotatable bonds is 5. The van der Waals surface area contributed by atoms with E-state index in [0.29, 0.717) is 11.9 Å². The zero-order chi connectivity index (χ0) is 13.0.